The van der Waals surface area contributed by atoms with Gasteiger partial charge in [-0.05, 0) is 24.3 Å². The molecule has 0 aliphatic rings. The normalized spacial score (nSPS) is 10.7. The number of carbonyl (C=O) groups is 2. The van der Waals surface area contributed by atoms with Gasteiger partial charge in [0.2, 0.25) is 0 Å². The Hall–Kier alpha value is -4.78. The number of carbonyl (C=O) groups excluding carboxylic acids is 2. The number of amides is 2. The molecule has 0 atom stereocenters. The minimum Gasteiger partial charge on any atom is -0.267 e. The molecule has 33 heavy (non-hydrogen) atoms. The van der Waals surface area contributed by atoms with E-state index in [0.29, 0.717) is 22.3 Å². The maximum absolute atomic E-state index is 13.1. The smallest absolute Gasteiger partial charge is 0.267 e. The first-order valence-electron chi connectivity index (χ1n) is 10.4. The fraction of sp³-hybridized carbons (Fsp3) is 0. The molecule has 0 fully saturated rings. The van der Waals surface area contributed by atoms with Gasteiger partial charge in [-0.25, -0.2) is 4.68 Å². The minimum absolute atomic E-state index is 0.335. The molecule has 2 amide bonds. The van der Waals surface area contributed by atoms with Crippen molar-refractivity contribution in [3.8, 4) is 16.9 Å². The second kappa shape index (κ2) is 8.76. The van der Waals surface area contributed by atoms with E-state index < -0.39 is 11.8 Å². The number of rotatable bonds is 4. The highest BCUT2D eigenvalue weighted by atomic mass is 16.2. The van der Waals surface area contributed by atoms with E-state index in [-0.39, 0.29) is 0 Å². The second-order valence-electron chi connectivity index (χ2n) is 7.33. The van der Waals surface area contributed by atoms with Gasteiger partial charge in [0.15, 0.2) is 0 Å². The van der Waals surface area contributed by atoms with Crippen molar-refractivity contribution in [1.29, 1.82) is 0 Å². The molecule has 7 heteroatoms. The summed E-state index contributed by atoms with van der Waals surface area (Å²) in [6.45, 7) is 0. The molecule has 0 aliphatic heterocycles. The van der Waals surface area contributed by atoms with E-state index in [9.17, 15) is 9.59 Å². The van der Waals surface area contributed by atoms with Crippen LogP contribution in [-0.4, -0.2) is 26.6 Å². The van der Waals surface area contributed by atoms with E-state index in [2.05, 4.69) is 20.9 Å². The highest BCUT2D eigenvalue weighted by molar-refractivity contribution is 6.07. The summed E-state index contributed by atoms with van der Waals surface area (Å²) in [4.78, 5) is 30.2. The van der Waals surface area contributed by atoms with Gasteiger partial charge in [0.05, 0.1) is 22.3 Å². The molecule has 0 saturated heterocycles. The summed E-state index contributed by atoms with van der Waals surface area (Å²) in [6, 6.07) is 28.0. The summed E-state index contributed by atoms with van der Waals surface area (Å²) in [5.41, 5.74) is 8.41. The fourth-order valence-corrected chi connectivity index (χ4v) is 3.60. The zero-order valence-corrected chi connectivity index (χ0v) is 17.5. The van der Waals surface area contributed by atoms with Crippen LogP contribution in [0.1, 0.15) is 20.7 Å². The van der Waals surface area contributed by atoms with Crippen LogP contribution in [0.4, 0.5) is 0 Å². The molecule has 0 saturated carbocycles. The number of benzene rings is 3. The Labute approximate surface area is 189 Å². The number of aromatic nitrogens is 3. The molecule has 5 aromatic rings. The van der Waals surface area contributed by atoms with Gasteiger partial charge < -0.3 is 0 Å². The average molecular weight is 433 g/mol. The van der Waals surface area contributed by atoms with Crippen LogP contribution < -0.4 is 10.9 Å². The lowest BCUT2D eigenvalue weighted by Crippen LogP contribution is -2.41. The van der Waals surface area contributed by atoms with E-state index in [1.165, 1.54) is 0 Å². The van der Waals surface area contributed by atoms with Crippen molar-refractivity contribution >= 4 is 22.7 Å². The van der Waals surface area contributed by atoms with Crippen molar-refractivity contribution in [2.45, 2.75) is 0 Å². The van der Waals surface area contributed by atoms with Crippen molar-refractivity contribution in [3.63, 3.8) is 0 Å². The van der Waals surface area contributed by atoms with E-state index in [4.69, 9.17) is 0 Å². The third kappa shape index (κ3) is 4.07. The van der Waals surface area contributed by atoms with Gasteiger partial charge in [0.25, 0.3) is 11.8 Å². The van der Waals surface area contributed by atoms with E-state index in [1.807, 2.05) is 72.8 Å². The molecule has 3 aromatic carbocycles. The summed E-state index contributed by atoms with van der Waals surface area (Å²) in [5, 5.41) is 5.47. The van der Waals surface area contributed by atoms with Crippen molar-refractivity contribution in [3.05, 3.63) is 115 Å². The Kier molecular flexibility index (Phi) is 5.35. The number of para-hydroxylation sites is 2. The van der Waals surface area contributed by atoms with Crippen LogP contribution in [0, 0.1) is 0 Å². The van der Waals surface area contributed by atoms with Gasteiger partial charge in [-0.2, -0.15) is 5.10 Å². The number of pyridine rings is 1. The number of nitrogens with one attached hydrogen (secondary N) is 2. The molecule has 160 valence electrons. The Balaban J connectivity index is 1.43. The lowest BCUT2D eigenvalue weighted by atomic mass is 10.1. The van der Waals surface area contributed by atoms with Crippen LogP contribution in [0.2, 0.25) is 0 Å². The van der Waals surface area contributed by atoms with Crippen LogP contribution in [0.5, 0.6) is 0 Å². The van der Waals surface area contributed by atoms with Crippen LogP contribution in [0.3, 0.4) is 0 Å². The molecule has 0 aliphatic carbocycles. The summed E-state index contributed by atoms with van der Waals surface area (Å²) < 4.78 is 1.65. The average Bonchev–Trinajstić information content (AvgIpc) is 3.33. The molecule has 2 aromatic heterocycles. The lowest BCUT2D eigenvalue weighted by molar-refractivity contribution is 0.0848. The largest absolute Gasteiger partial charge is 0.273 e. The van der Waals surface area contributed by atoms with E-state index in [0.717, 1.165) is 16.6 Å². The number of hydrogen-bond donors (Lipinski definition) is 2. The van der Waals surface area contributed by atoms with Crippen LogP contribution >= 0.6 is 0 Å². The molecule has 0 radical (unpaired) electrons. The van der Waals surface area contributed by atoms with Crippen molar-refractivity contribution < 1.29 is 9.59 Å². The first-order valence-corrected chi connectivity index (χ1v) is 10.4. The monoisotopic (exact) mass is 433 g/mol. The quantitative estimate of drug-likeness (QED) is 0.417. The number of nitrogens with zero attached hydrogens (tertiary/aromatic N) is 3. The van der Waals surface area contributed by atoms with Gasteiger partial charge in [0, 0.05) is 23.3 Å². The lowest BCUT2D eigenvalue weighted by Gasteiger charge is -2.09. The molecule has 0 spiro atoms. The first-order chi connectivity index (χ1) is 16.2. The van der Waals surface area contributed by atoms with Crippen molar-refractivity contribution in [1.82, 2.24) is 25.6 Å². The van der Waals surface area contributed by atoms with E-state index in [1.54, 1.807) is 35.3 Å². The molecule has 2 heterocycles. The van der Waals surface area contributed by atoms with Crippen molar-refractivity contribution in [2.75, 3.05) is 0 Å². The Morgan fingerprint density at radius 3 is 2.12 bits per heavy atom. The van der Waals surface area contributed by atoms with Crippen molar-refractivity contribution in [2.24, 2.45) is 0 Å². The summed E-state index contributed by atoms with van der Waals surface area (Å²) in [6.07, 6.45) is 3.28. The molecule has 2 N–H and O–H groups in total. The predicted molar refractivity (Wildman–Crippen MR) is 126 cm³/mol. The first kappa shape index (κ1) is 20.1. The molecule has 5 rings (SSSR count). The van der Waals surface area contributed by atoms with Gasteiger partial charge >= 0.3 is 0 Å². The molecule has 0 bridgehead atoms. The Bertz CT molecular complexity index is 1440. The SMILES string of the molecule is O=C(NNC(=O)c1cccc2cccnc12)c1cn(-c2ccccc2)nc1-c1ccccc1. The third-order valence-corrected chi connectivity index (χ3v) is 5.19. The number of hydrazine groups is 1. The van der Waals surface area contributed by atoms with E-state index >= 15 is 0 Å². The fourth-order valence-electron chi connectivity index (χ4n) is 3.60. The summed E-state index contributed by atoms with van der Waals surface area (Å²) >= 11 is 0. The van der Waals surface area contributed by atoms with Gasteiger partial charge in [-0.1, -0.05) is 66.7 Å². The third-order valence-electron chi connectivity index (χ3n) is 5.19. The highest BCUT2D eigenvalue weighted by Gasteiger charge is 2.20. The zero-order chi connectivity index (χ0) is 22.6. The Morgan fingerprint density at radius 2 is 1.36 bits per heavy atom. The topological polar surface area (TPSA) is 88.9 Å². The zero-order valence-electron chi connectivity index (χ0n) is 17.5. The van der Waals surface area contributed by atoms with Crippen LogP contribution in [0.15, 0.2) is 103 Å². The Morgan fingerprint density at radius 1 is 0.697 bits per heavy atom. The van der Waals surface area contributed by atoms with Crippen LogP contribution in [0.25, 0.3) is 27.8 Å². The number of hydrogen-bond acceptors (Lipinski definition) is 4. The van der Waals surface area contributed by atoms with Crippen LogP contribution in [-0.2, 0) is 0 Å². The second-order valence-corrected chi connectivity index (χ2v) is 7.33. The number of fused-ring (bicyclic) bond motifs is 1. The maximum atomic E-state index is 13.1. The molecule has 0 unspecified atom stereocenters. The maximum Gasteiger partial charge on any atom is 0.273 e. The minimum atomic E-state index is -0.474. The highest BCUT2D eigenvalue weighted by Crippen LogP contribution is 2.23. The molecular weight excluding hydrogens is 414 g/mol. The van der Waals surface area contributed by atoms with Gasteiger partial charge in [0.1, 0.15) is 5.69 Å². The summed E-state index contributed by atoms with van der Waals surface area (Å²) in [5.74, 6) is -0.929. The molecule has 7 nitrogen and oxygen atoms in total. The van der Waals surface area contributed by atoms with Gasteiger partial charge in [-0.3, -0.25) is 25.4 Å². The van der Waals surface area contributed by atoms with Gasteiger partial charge in [-0.15, -0.1) is 0 Å². The predicted octanol–water partition coefficient (Wildman–Crippen LogP) is 4.16. The summed E-state index contributed by atoms with van der Waals surface area (Å²) in [7, 11) is 0. The molecular formula is C26H19N5O2. The standard InChI is InChI=1S/C26H19N5O2/c32-25(21-15-7-11-18-12-8-16-27-23(18)21)28-29-26(33)22-17-31(20-13-5-2-6-14-20)30-24(22)19-9-3-1-4-10-19/h1-17H,(H,28,32)(H,29,33).